The number of ether oxygens (including phenoxy) is 2. The summed E-state index contributed by atoms with van der Waals surface area (Å²) in [5.41, 5.74) is 0. The fourth-order valence-electron chi connectivity index (χ4n) is 1.42. The molecule has 0 spiro atoms. The molecule has 0 aliphatic heterocycles. The zero-order chi connectivity index (χ0) is 10.6. The Morgan fingerprint density at radius 2 is 2.07 bits per heavy atom. The molecule has 0 bridgehead atoms. The van der Waals surface area contributed by atoms with Crippen LogP contribution in [0.15, 0.2) is 0 Å². The topological polar surface area (TPSA) is 30.5 Å². The average molecular weight is 203 g/mol. The van der Waals surface area contributed by atoms with E-state index in [2.05, 4.69) is 12.2 Å². The molecule has 0 saturated carbocycles. The maximum atomic E-state index is 5.26. The van der Waals surface area contributed by atoms with Gasteiger partial charge in [-0.25, -0.2) is 0 Å². The molecule has 14 heavy (non-hydrogen) atoms. The minimum atomic E-state index is 0.506. The van der Waals surface area contributed by atoms with Gasteiger partial charge in [0, 0.05) is 26.4 Å². The lowest BCUT2D eigenvalue weighted by Gasteiger charge is -2.16. The Kier molecular flexibility index (Phi) is 10.9. The largest absolute Gasteiger partial charge is 0.383 e. The van der Waals surface area contributed by atoms with Gasteiger partial charge in [0.25, 0.3) is 0 Å². The molecule has 0 saturated heterocycles. The van der Waals surface area contributed by atoms with E-state index in [0.29, 0.717) is 6.04 Å². The van der Waals surface area contributed by atoms with E-state index in [1.165, 1.54) is 12.8 Å². The molecule has 3 nitrogen and oxygen atoms in total. The zero-order valence-electron chi connectivity index (χ0n) is 9.84. The van der Waals surface area contributed by atoms with Gasteiger partial charge in [0.15, 0.2) is 0 Å². The predicted octanol–water partition coefficient (Wildman–Crippen LogP) is 1.82. The Hall–Kier alpha value is -0.120. The van der Waals surface area contributed by atoms with Gasteiger partial charge in [0.05, 0.1) is 6.61 Å². The van der Waals surface area contributed by atoms with Crippen LogP contribution in [-0.2, 0) is 9.47 Å². The van der Waals surface area contributed by atoms with Crippen molar-refractivity contribution < 1.29 is 9.47 Å². The van der Waals surface area contributed by atoms with E-state index in [9.17, 15) is 0 Å². The molecule has 0 aromatic heterocycles. The lowest BCUT2D eigenvalue weighted by atomic mass is 10.2. The SMILES string of the molecule is CCCC(COC)NCCCOCC. The highest BCUT2D eigenvalue weighted by atomic mass is 16.5. The van der Waals surface area contributed by atoms with Crippen LogP contribution >= 0.6 is 0 Å². The third-order valence-electron chi connectivity index (χ3n) is 2.11. The van der Waals surface area contributed by atoms with Crippen molar-refractivity contribution in [3.8, 4) is 0 Å². The summed E-state index contributed by atoms with van der Waals surface area (Å²) in [4.78, 5) is 0. The Bertz CT molecular complexity index is 103. The van der Waals surface area contributed by atoms with Crippen LogP contribution in [0.5, 0.6) is 0 Å². The highest BCUT2D eigenvalue weighted by Gasteiger charge is 2.04. The number of nitrogens with one attached hydrogen (secondary N) is 1. The highest BCUT2D eigenvalue weighted by molar-refractivity contribution is 4.64. The molecule has 1 unspecified atom stereocenters. The molecular formula is C11H25NO2. The van der Waals surface area contributed by atoms with E-state index in [-0.39, 0.29) is 0 Å². The summed E-state index contributed by atoms with van der Waals surface area (Å²) in [7, 11) is 1.75. The van der Waals surface area contributed by atoms with E-state index < -0.39 is 0 Å². The summed E-state index contributed by atoms with van der Waals surface area (Å²) < 4.78 is 10.4. The van der Waals surface area contributed by atoms with E-state index in [0.717, 1.165) is 32.8 Å². The average Bonchev–Trinajstić information content (AvgIpc) is 2.18. The fourth-order valence-corrected chi connectivity index (χ4v) is 1.42. The van der Waals surface area contributed by atoms with Crippen molar-refractivity contribution in [2.24, 2.45) is 0 Å². The third kappa shape index (κ3) is 8.48. The van der Waals surface area contributed by atoms with Gasteiger partial charge in [-0.2, -0.15) is 0 Å². The molecular weight excluding hydrogens is 178 g/mol. The second-order valence-corrected chi connectivity index (χ2v) is 3.45. The van der Waals surface area contributed by atoms with Crippen LogP contribution in [0, 0.1) is 0 Å². The van der Waals surface area contributed by atoms with Crippen LogP contribution < -0.4 is 5.32 Å². The van der Waals surface area contributed by atoms with Crippen LogP contribution in [0.4, 0.5) is 0 Å². The molecule has 0 heterocycles. The van der Waals surface area contributed by atoms with Gasteiger partial charge in [0.2, 0.25) is 0 Å². The summed E-state index contributed by atoms with van der Waals surface area (Å²) in [5.74, 6) is 0. The standard InChI is InChI=1S/C11H25NO2/c1-4-7-11(10-13-3)12-8-6-9-14-5-2/h11-12H,4-10H2,1-3H3. The molecule has 86 valence electrons. The Labute approximate surface area is 88.2 Å². The van der Waals surface area contributed by atoms with Crippen molar-refractivity contribution in [1.82, 2.24) is 5.32 Å². The third-order valence-corrected chi connectivity index (χ3v) is 2.11. The minimum Gasteiger partial charge on any atom is -0.383 e. The second-order valence-electron chi connectivity index (χ2n) is 3.45. The van der Waals surface area contributed by atoms with E-state index in [4.69, 9.17) is 9.47 Å². The summed E-state index contributed by atoms with van der Waals surface area (Å²) in [6.07, 6.45) is 3.47. The van der Waals surface area contributed by atoms with E-state index >= 15 is 0 Å². The molecule has 0 radical (unpaired) electrons. The highest BCUT2D eigenvalue weighted by Crippen LogP contribution is 1.97. The van der Waals surface area contributed by atoms with Gasteiger partial charge >= 0.3 is 0 Å². The first-order valence-electron chi connectivity index (χ1n) is 5.65. The molecule has 0 aliphatic carbocycles. The van der Waals surface area contributed by atoms with Crippen molar-refractivity contribution in [2.45, 2.75) is 39.2 Å². The van der Waals surface area contributed by atoms with Gasteiger partial charge in [0.1, 0.15) is 0 Å². The number of hydrogen-bond donors (Lipinski definition) is 1. The molecule has 0 aliphatic rings. The van der Waals surface area contributed by atoms with Gasteiger partial charge in [-0.05, 0) is 26.3 Å². The van der Waals surface area contributed by atoms with Crippen molar-refractivity contribution in [2.75, 3.05) is 33.5 Å². The number of rotatable bonds is 10. The van der Waals surface area contributed by atoms with Gasteiger partial charge in [-0.15, -0.1) is 0 Å². The Morgan fingerprint density at radius 1 is 1.29 bits per heavy atom. The van der Waals surface area contributed by atoms with Crippen molar-refractivity contribution in [1.29, 1.82) is 0 Å². The Balaban J connectivity index is 3.30. The lowest BCUT2D eigenvalue weighted by Crippen LogP contribution is -2.34. The Morgan fingerprint density at radius 3 is 2.64 bits per heavy atom. The maximum absolute atomic E-state index is 5.26. The van der Waals surface area contributed by atoms with E-state index in [1.807, 2.05) is 6.92 Å². The predicted molar refractivity (Wildman–Crippen MR) is 59.7 cm³/mol. The molecule has 3 heteroatoms. The van der Waals surface area contributed by atoms with Crippen molar-refractivity contribution in [3.05, 3.63) is 0 Å². The van der Waals surface area contributed by atoms with Crippen LogP contribution in [0.25, 0.3) is 0 Å². The summed E-state index contributed by atoms with van der Waals surface area (Å²) in [6.45, 7) is 7.73. The molecule has 0 fully saturated rings. The van der Waals surface area contributed by atoms with Crippen LogP contribution in [-0.4, -0.2) is 39.5 Å². The molecule has 0 aromatic rings. The first-order valence-corrected chi connectivity index (χ1v) is 5.65. The summed E-state index contributed by atoms with van der Waals surface area (Å²) in [5, 5.41) is 3.48. The number of hydrogen-bond acceptors (Lipinski definition) is 3. The first-order chi connectivity index (χ1) is 6.85. The van der Waals surface area contributed by atoms with E-state index in [1.54, 1.807) is 7.11 Å². The monoisotopic (exact) mass is 203 g/mol. The van der Waals surface area contributed by atoms with Crippen LogP contribution in [0.1, 0.15) is 33.1 Å². The quantitative estimate of drug-likeness (QED) is 0.549. The molecule has 1 N–H and O–H groups in total. The van der Waals surface area contributed by atoms with Crippen LogP contribution in [0.2, 0.25) is 0 Å². The molecule has 0 amide bonds. The maximum Gasteiger partial charge on any atom is 0.0615 e. The molecule has 0 aromatic carbocycles. The second kappa shape index (κ2) is 11.0. The van der Waals surface area contributed by atoms with Crippen LogP contribution in [0.3, 0.4) is 0 Å². The minimum absolute atomic E-state index is 0.506. The normalized spacial score (nSPS) is 13.1. The van der Waals surface area contributed by atoms with Gasteiger partial charge in [-0.1, -0.05) is 13.3 Å². The smallest absolute Gasteiger partial charge is 0.0615 e. The van der Waals surface area contributed by atoms with Crippen molar-refractivity contribution in [3.63, 3.8) is 0 Å². The lowest BCUT2D eigenvalue weighted by molar-refractivity contribution is 0.137. The fraction of sp³-hybridized carbons (Fsp3) is 1.00. The first kappa shape index (κ1) is 13.9. The molecule has 0 rings (SSSR count). The number of methoxy groups -OCH3 is 1. The van der Waals surface area contributed by atoms with Gasteiger partial charge < -0.3 is 14.8 Å². The summed E-state index contributed by atoms with van der Waals surface area (Å²) in [6, 6.07) is 0.506. The summed E-state index contributed by atoms with van der Waals surface area (Å²) >= 11 is 0. The van der Waals surface area contributed by atoms with Gasteiger partial charge in [-0.3, -0.25) is 0 Å². The zero-order valence-corrected chi connectivity index (χ0v) is 9.84. The molecule has 1 atom stereocenters. The van der Waals surface area contributed by atoms with Crippen molar-refractivity contribution >= 4 is 0 Å².